The van der Waals surface area contributed by atoms with Gasteiger partial charge in [0, 0.05) is 56.2 Å². The molecule has 4 rings (SSSR count). The molecule has 2 aromatic carbocycles. The lowest BCUT2D eigenvalue weighted by Gasteiger charge is -2.34. The molecule has 0 radical (unpaired) electrons. The van der Waals surface area contributed by atoms with Crippen molar-refractivity contribution < 1.29 is 22.8 Å². The summed E-state index contributed by atoms with van der Waals surface area (Å²) >= 11 is 0. The molecule has 35 heavy (non-hydrogen) atoms. The van der Waals surface area contributed by atoms with E-state index in [9.17, 15) is 22.8 Å². The molecule has 1 unspecified atom stereocenters. The van der Waals surface area contributed by atoms with Crippen LogP contribution in [0.3, 0.4) is 0 Å². The van der Waals surface area contributed by atoms with Crippen LogP contribution >= 0.6 is 0 Å². The topological polar surface area (TPSA) is 64.7 Å². The van der Waals surface area contributed by atoms with Crippen LogP contribution in [-0.2, 0) is 16.1 Å². The first kappa shape index (κ1) is 24.9. The predicted octanol–water partition coefficient (Wildman–Crippen LogP) is 4.69. The number of rotatable bonds is 7. The first-order valence-electron chi connectivity index (χ1n) is 12.1. The predicted molar refractivity (Wildman–Crippen MR) is 129 cm³/mol. The second-order valence-corrected chi connectivity index (χ2v) is 9.22. The van der Waals surface area contributed by atoms with Gasteiger partial charge >= 0.3 is 6.18 Å². The summed E-state index contributed by atoms with van der Waals surface area (Å²) in [5.41, 5.74) is 3.65. The molecule has 2 N–H and O–H groups in total. The van der Waals surface area contributed by atoms with Crippen LogP contribution in [0.2, 0.25) is 0 Å². The van der Waals surface area contributed by atoms with Crippen LogP contribution in [0, 0.1) is 11.8 Å². The molecular weight excluding hydrogens is 457 g/mol. The molecule has 2 aliphatic rings. The Hall–Kier alpha value is -3.23. The van der Waals surface area contributed by atoms with Gasteiger partial charge in [0.25, 0.3) is 0 Å². The van der Waals surface area contributed by atoms with Crippen molar-refractivity contribution in [2.75, 3.05) is 36.4 Å². The first-order chi connectivity index (χ1) is 16.7. The number of nitrogens with one attached hydrogen (secondary N) is 2. The van der Waals surface area contributed by atoms with Crippen molar-refractivity contribution in [3.8, 4) is 0 Å². The van der Waals surface area contributed by atoms with E-state index in [1.165, 1.54) is 0 Å². The number of anilines is 3. The average molecular weight is 489 g/mol. The van der Waals surface area contributed by atoms with Gasteiger partial charge in [-0.3, -0.25) is 9.59 Å². The fourth-order valence-corrected chi connectivity index (χ4v) is 4.68. The van der Waals surface area contributed by atoms with Crippen molar-refractivity contribution in [3.63, 3.8) is 0 Å². The Labute approximate surface area is 203 Å². The summed E-state index contributed by atoms with van der Waals surface area (Å²) in [5, 5.41) is 6.23. The van der Waals surface area contributed by atoms with E-state index in [0.717, 1.165) is 22.6 Å². The third-order valence-electron chi connectivity index (χ3n) is 6.87. The number of hydrogen-bond donors (Lipinski definition) is 2. The molecule has 0 bridgehead atoms. The molecule has 2 aromatic rings. The maximum atomic E-state index is 12.9. The van der Waals surface area contributed by atoms with Crippen molar-refractivity contribution in [1.82, 2.24) is 10.2 Å². The summed E-state index contributed by atoms with van der Waals surface area (Å²) in [6.07, 6.45) is -3.57. The van der Waals surface area contributed by atoms with Gasteiger partial charge < -0.3 is 20.4 Å². The van der Waals surface area contributed by atoms with Gasteiger partial charge in [-0.15, -0.1) is 0 Å². The van der Waals surface area contributed by atoms with Crippen molar-refractivity contribution in [3.05, 3.63) is 54.1 Å². The molecular formula is C26H31F3N4O2. The Morgan fingerprint density at radius 3 is 2.14 bits per heavy atom. The van der Waals surface area contributed by atoms with Gasteiger partial charge in [-0.25, -0.2) is 0 Å². The monoisotopic (exact) mass is 488 g/mol. The fraction of sp³-hybridized carbons (Fsp3) is 0.462. The molecule has 2 saturated heterocycles. The minimum atomic E-state index is -4.10. The Kier molecular flexibility index (Phi) is 7.52. The largest absolute Gasteiger partial charge is 0.391 e. The minimum Gasteiger partial charge on any atom is -0.372 e. The molecule has 1 atom stereocenters. The number of amides is 2. The summed E-state index contributed by atoms with van der Waals surface area (Å²) in [5.74, 6) is -1.56. The first-order valence-corrected chi connectivity index (χ1v) is 12.1. The van der Waals surface area contributed by atoms with E-state index in [4.69, 9.17) is 0 Å². The van der Waals surface area contributed by atoms with Gasteiger partial charge in [-0.2, -0.15) is 13.2 Å². The quantitative estimate of drug-likeness (QED) is 0.594. The summed E-state index contributed by atoms with van der Waals surface area (Å²) in [6, 6.07) is 15.4. The molecule has 188 valence electrons. The standard InChI is InChI=1S/C26H31F3N4O2/c1-2-32-17-19(15-24(32)34)25(35)30-16-18-3-5-21(6-4-18)31-22-7-9-23(10-8-22)33-13-11-20(12-14-33)26(27,28)29/h3-10,19-20,31H,2,11-17H2,1H3,(H,30,35). The highest BCUT2D eigenvalue weighted by Gasteiger charge is 2.41. The number of likely N-dealkylation sites (tertiary alicyclic amines) is 1. The van der Waals surface area contributed by atoms with Crippen LogP contribution in [-0.4, -0.2) is 49.1 Å². The normalized spacial score (nSPS) is 19.2. The van der Waals surface area contributed by atoms with E-state index in [1.54, 1.807) is 4.90 Å². The zero-order chi connectivity index (χ0) is 25.0. The lowest BCUT2D eigenvalue weighted by Crippen LogP contribution is -2.38. The molecule has 2 heterocycles. The van der Waals surface area contributed by atoms with Crippen LogP contribution < -0.4 is 15.5 Å². The molecule has 0 aromatic heterocycles. The number of nitrogens with zero attached hydrogens (tertiary/aromatic N) is 2. The molecule has 6 nitrogen and oxygen atoms in total. The van der Waals surface area contributed by atoms with Crippen molar-refractivity contribution in [2.24, 2.45) is 11.8 Å². The van der Waals surface area contributed by atoms with E-state index in [1.807, 2.05) is 60.4 Å². The number of halogens is 3. The number of piperidine rings is 1. The van der Waals surface area contributed by atoms with Crippen LogP contribution in [0.5, 0.6) is 0 Å². The summed E-state index contributed by atoms with van der Waals surface area (Å²) in [6.45, 7) is 4.23. The average Bonchev–Trinajstić information content (AvgIpc) is 3.24. The van der Waals surface area contributed by atoms with Gasteiger partial charge in [-0.1, -0.05) is 12.1 Å². The lowest BCUT2D eigenvalue weighted by molar-refractivity contribution is -0.179. The fourth-order valence-electron chi connectivity index (χ4n) is 4.68. The maximum Gasteiger partial charge on any atom is 0.391 e. The smallest absolute Gasteiger partial charge is 0.372 e. The van der Waals surface area contributed by atoms with E-state index in [0.29, 0.717) is 32.7 Å². The van der Waals surface area contributed by atoms with Gasteiger partial charge in [0.05, 0.1) is 11.8 Å². The summed E-state index contributed by atoms with van der Waals surface area (Å²) < 4.78 is 38.6. The van der Waals surface area contributed by atoms with E-state index in [-0.39, 0.29) is 37.0 Å². The number of alkyl halides is 3. The highest BCUT2D eigenvalue weighted by molar-refractivity contribution is 5.89. The summed E-state index contributed by atoms with van der Waals surface area (Å²) in [7, 11) is 0. The van der Waals surface area contributed by atoms with Crippen molar-refractivity contribution in [2.45, 2.75) is 38.9 Å². The molecule has 0 saturated carbocycles. The Morgan fingerprint density at radius 1 is 1.00 bits per heavy atom. The van der Waals surface area contributed by atoms with E-state index < -0.39 is 12.1 Å². The second-order valence-electron chi connectivity index (χ2n) is 9.22. The highest BCUT2D eigenvalue weighted by Crippen LogP contribution is 2.35. The Bertz CT molecular complexity index is 1020. The van der Waals surface area contributed by atoms with E-state index >= 15 is 0 Å². The molecule has 2 aliphatic heterocycles. The highest BCUT2D eigenvalue weighted by atomic mass is 19.4. The number of hydrogen-bond acceptors (Lipinski definition) is 4. The van der Waals surface area contributed by atoms with Crippen molar-refractivity contribution >= 4 is 28.9 Å². The second kappa shape index (κ2) is 10.6. The van der Waals surface area contributed by atoms with Crippen LogP contribution in [0.15, 0.2) is 48.5 Å². The Morgan fingerprint density at radius 2 is 1.60 bits per heavy atom. The number of carbonyl (C=O) groups excluding carboxylic acids is 2. The van der Waals surface area contributed by atoms with Crippen LogP contribution in [0.4, 0.5) is 30.2 Å². The number of carbonyl (C=O) groups is 2. The lowest BCUT2D eigenvalue weighted by atomic mass is 9.96. The SMILES string of the molecule is CCN1CC(C(=O)NCc2ccc(Nc3ccc(N4CCC(C(F)(F)F)CC4)cc3)cc2)CC1=O. The van der Waals surface area contributed by atoms with Gasteiger partial charge in [0.1, 0.15) is 0 Å². The molecule has 0 spiro atoms. The van der Waals surface area contributed by atoms with Crippen molar-refractivity contribution in [1.29, 1.82) is 0 Å². The van der Waals surface area contributed by atoms with E-state index in [2.05, 4.69) is 10.6 Å². The zero-order valence-corrected chi connectivity index (χ0v) is 19.8. The van der Waals surface area contributed by atoms with Crippen LogP contribution in [0.1, 0.15) is 31.7 Å². The maximum absolute atomic E-state index is 12.9. The molecule has 0 aliphatic carbocycles. The number of benzene rings is 2. The molecule has 2 amide bonds. The molecule has 9 heteroatoms. The zero-order valence-electron chi connectivity index (χ0n) is 19.8. The van der Waals surface area contributed by atoms with Gasteiger partial charge in [0.2, 0.25) is 11.8 Å². The Balaban J connectivity index is 1.24. The molecule has 2 fully saturated rings. The van der Waals surface area contributed by atoms with Gasteiger partial charge in [-0.05, 0) is 61.7 Å². The van der Waals surface area contributed by atoms with Gasteiger partial charge in [0.15, 0.2) is 0 Å². The third kappa shape index (κ3) is 6.26. The van der Waals surface area contributed by atoms with Crippen LogP contribution in [0.25, 0.3) is 0 Å². The summed E-state index contributed by atoms with van der Waals surface area (Å²) in [4.78, 5) is 27.9. The minimum absolute atomic E-state index is 0.0298. The third-order valence-corrected chi connectivity index (χ3v) is 6.87.